The molecule has 0 saturated carbocycles. The molecule has 1 aromatic heterocycles. The Morgan fingerprint density at radius 1 is 0.913 bits per heavy atom. The van der Waals surface area contributed by atoms with Gasteiger partial charge < -0.3 is 30.1 Å². The monoisotopic (exact) mass is 644 g/mol. The fourth-order valence-electron chi connectivity index (χ4n) is 5.85. The molecular formula is C33H37FN8O3S. The summed E-state index contributed by atoms with van der Waals surface area (Å²) < 4.78 is 20.2. The van der Waals surface area contributed by atoms with Gasteiger partial charge in [-0.25, -0.2) is 9.37 Å². The van der Waals surface area contributed by atoms with E-state index in [4.69, 9.17) is 15.3 Å². The van der Waals surface area contributed by atoms with Crippen molar-refractivity contribution in [3.05, 3.63) is 70.3 Å². The van der Waals surface area contributed by atoms with Crippen LogP contribution in [0.15, 0.2) is 53.9 Å². The summed E-state index contributed by atoms with van der Waals surface area (Å²) >= 11 is 1.34. The normalized spacial score (nSPS) is 22.3. The number of amides is 2. The van der Waals surface area contributed by atoms with E-state index in [9.17, 15) is 14.0 Å². The third kappa shape index (κ3) is 8.30. The van der Waals surface area contributed by atoms with E-state index in [2.05, 4.69) is 28.0 Å². The number of morpholine rings is 1. The quantitative estimate of drug-likeness (QED) is 0.384. The molecule has 2 amide bonds. The van der Waals surface area contributed by atoms with Crippen molar-refractivity contribution in [1.82, 2.24) is 25.4 Å². The number of likely N-dealkylation sites (tertiary alicyclic amines) is 2. The summed E-state index contributed by atoms with van der Waals surface area (Å²) in [4.78, 5) is 34.1. The number of hydrogen-bond acceptors (Lipinski definition) is 10. The lowest BCUT2D eigenvalue weighted by Gasteiger charge is -2.37. The summed E-state index contributed by atoms with van der Waals surface area (Å²) in [6, 6.07) is 14.3. The second-order valence-electron chi connectivity index (χ2n) is 11.7. The van der Waals surface area contributed by atoms with Gasteiger partial charge in [0.1, 0.15) is 5.82 Å². The lowest BCUT2D eigenvalue weighted by atomic mass is 10.1. The summed E-state index contributed by atoms with van der Waals surface area (Å²) in [6.07, 6.45) is 5.78. The van der Waals surface area contributed by atoms with Gasteiger partial charge in [0.15, 0.2) is 17.4 Å². The topological polar surface area (TPSA) is 138 Å². The molecule has 3 aliphatic heterocycles. The first kappa shape index (κ1) is 32.7. The molecule has 3 aliphatic rings. The van der Waals surface area contributed by atoms with Crippen molar-refractivity contribution >= 4 is 28.8 Å². The Balaban J connectivity index is 0.000000184. The van der Waals surface area contributed by atoms with Crippen molar-refractivity contribution in [1.29, 1.82) is 10.5 Å². The molecule has 46 heavy (non-hydrogen) atoms. The van der Waals surface area contributed by atoms with Crippen LogP contribution in [0.4, 0.5) is 10.1 Å². The maximum absolute atomic E-state index is 14.6. The zero-order chi connectivity index (χ0) is 32.6. The van der Waals surface area contributed by atoms with E-state index in [0.717, 1.165) is 24.1 Å². The zero-order valence-corrected chi connectivity index (χ0v) is 26.7. The molecule has 4 heterocycles. The number of nitrogens with one attached hydrogen (secondary N) is 2. The van der Waals surface area contributed by atoms with Crippen LogP contribution in [0.25, 0.3) is 11.3 Å². The molecular weight excluding hydrogens is 607 g/mol. The van der Waals surface area contributed by atoms with Gasteiger partial charge >= 0.3 is 0 Å². The molecule has 0 aliphatic carbocycles. The average molecular weight is 645 g/mol. The van der Waals surface area contributed by atoms with Crippen LogP contribution in [-0.4, -0.2) is 90.2 Å². The van der Waals surface area contributed by atoms with E-state index < -0.39 is 5.82 Å². The minimum atomic E-state index is -0.404. The van der Waals surface area contributed by atoms with Crippen LogP contribution in [0.1, 0.15) is 46.8 Å². The second kappa shape index (κ2) is 15.0. The average Bonchev–Trinajstić information content (AvgIpc) is 3.83. The Hall–Kier alpha value is -4.72. The minimum absolute atomic E-state index is 0.0289. The number of rotatable bonds is 6. The molecule has 3 fully saturated rings. The maximum Gasteiger partial charge on any atom is 0.280 e. The van der Waals surface area contributed by atoms with E-state index in [-0.39, 0.29) is 36.1 Å². The van der Waals surface area contributed by atoms with Crippen LogP contribution >= 0.6 is 11.3 Å². The molecule has 2 aromatic carbocycles. The van der Waals surface area contributed by atoms with Crippen LogP contribution in [0, 0.1) is 28.7 Å². The smallest absolute Gasteiger partial charge is 0.280 e. The SMILES string of the molecule is C[C@@H]1CN(c2ccc(C(=O)N[C@@H]3CCN(C#N)C3)cc2F)C[C@H](C)O1.N#CN1CCC(NC(=O)c2nc(-c3ccccc3)cs2)C1. The summed E-state index contributed by atoms with van der Waals surface area (Å²) in [7, 11) is 0. The fraction of sp³-hybridized carbons (Fsp3) is 0.424. The summed E-state index contributed by atoms with van der Waals surface area (Å²) in [5.41, 5.74) is 2.61. The molecule has 13 heteroatoms. The fourth-order valence-corrected chi connectivity index (χ4v) is 6.58. The van der Waals surface area contributed by atoms with E-state index in [1.807, 2.05) is 54.5 Å². The predicted octanol–water partition coefficient (Wildman–Crippen LogP) is 3.82. The third-order valence-electron chi connectivity index (χ3n) is 8.07. The highest BCUT2D eigenvalue weighted by atomic mass is 32.1. The highest BCUT2D eigenvalue weighted by molar-refractivity contribution is 7.12. The van der Waals surface area contributed by atoms with Crippen molar-refractivity contribution < 1.29 is 18.7 Å². The predicted molar refractivity (Wildman–Crippen MR) is 172 cm³/mol. The Kier molecular flexibility index (Phi) is 10.7. The maximum atomic E-state index is 14.6. The number of ether oxygens (including phenoxy) is 1. The number of thiazole rings is 1. The highest BCUT2D eigenvalue weighted by Gasteiger charge is 2.27. The molecule has 6 rings (SSSR count). The summed E-state index contributed by atoms with van der Waals surface area (Å²) in [5.74, 6) is -0.870. The highest BCUT2D eigenvalue weighted by Crippen LogP contribution is 2.25. The van der Waals surface area contributed by atoms with E-state index in [0.29, 0.717) is 55.5 Å². The lowest BCUT2D eigenvalue weighted by molar-refractivity contribution is -0.00540. The number of halogens is 1. The number of nitrogens with zero attached hydrogens (tertiary/aromatic N) is 6. The number of hydrogen-bond donors (Lipinski definition) is 2. The number of anilines is 1. The Morgan fingerprint density at radius 2 is 1.52 bits per heavy atom. The number of nitriles is 2. The van der Waals surface area contributed by atoms with Gasteiger partial charge in [0, 0.05) is 67.9 Å². The Labute approximate surface area is 272 Å². The third-order valence-corrected chi connectivity index (χ3v) is 8.91. The lowest BCUT2D eigenvalue weighted by Crippen LogP contribution is -2.45. The van der Waals surface area contributed by atoms with Crippen LogP contribution < -0.4 is 15.5 Å². The largest absolute Gasteiger partial charge is 0.372 e. The van der Waals surface area contributed by atoms with Crippen molar-refractivity contribution in [2.24, 2.45) is 0 Å². The van der Waals surface area contributed by atoms with Gasteiger partial charge in [-0.2, -0.15) is 10.5 Å². The van der Waals surface area contributed by atoms with Crippen molar-refractivity contribution in [3.63, 3.8) is 0 Å². The van der Waals surface area contributed by atoms with Gasteiger partial charge in [-0.3, -0.25) is 9.59 Å². The minimum Gasteiger partial charge on any atom is -0.372 e. The molecule has 3 saturated heterocycles. The van der Waals surface area contributed by atoms with Gasteiger partial charge in [0.25, 0.3) is 11.8 Å². The van der Waals surface area contributed by atoms with E-state index in [1.54, 1.807) is 21.9 Å². The molecule has 3 aromatic rings. The first-order chi connectivity index (χ1) is 22.2. The van der Waals surface area contributed by atoms with Crippen LogP contribution in [0.5, 0.6) is 0 Å². The van der Waals surface area contributed by atoms with Crippen LogP contribution in [0.2, 0.25) is 0 Å². The van der Waals surface area contributed by atoms with Crippen LogP contribution in [-0.2, 0) is 4.74 Å². The molecule has 4 atom stereocenters. The van der Waals surface area contributed by atoms with Crippen molar-refractivity contribution in [3.8, 4) is 23.6 Å². The molecule has 2 N–H and O–H groups in total. The number of carbonyl (C=O) groups is 2. The Morgan fingerprint density at radius 3 is 2.09 bits per heavy atom. The van der Waals surface area contributed by atoms with E-state index in [1.165, 1.54) is 17.4 Å². The second-order valence-corrected chi connectivity index (χ2v) is 12.6. The number of aromatic nitrogens is 1. The number of benzene rings is 2. The van der Waals surface area contributed by atoms with Crippen LogP contribution in [0.3, 0.4) is 0 Å². The Bertz CT molecular complexity index is 1600. The first-order valence-electron chi connectivity index (χ1n) is 15.3. The summed E-state index contributed by atoms with van der Waals surface area (Å²) in [5, 5.41) is 25.8. The van der Waals surface area contributed by atoms with Gasteiger partial charge in [-0.15, -0.1) is 11.3 Å². The molecule has 1 unspecified atom stereocenters. The van der Waals surface area contributed by atoms with Gasteiger partial charge in [0.2, 0.25) is 0 Å². The molecule has 0 bridgehead atoms. The molecule has 240 valence electrons. The molecule has 11 nitrogen and oxygen atoms in total. The number of carbonyl (C=O) groups excluding carboxylic acids is 2. The molecule has 0 radical (unpaired) electrons. The van der Waals surface area contributed by atoms with Gasteiger partial charge in [0.05, 0.1) is 23.6 Å². The molecule has 0 spiro atoms. The standard InChI is InChI=1S/C18H23FN4O2.C15H14N4OS/c1-12-8-23(9-13(2)25-12)17-4-3-14(7-16(17)19)18(24)21-15-5-6-22(10-15)11-20;16-10-19-7-6-12(8-19)17-14(20)15-18-13(9-21-15)11-4-2-1-3-5-11/h3-4,7,12-13,15H,5-6,8-10H2,1-2H3,(H,21,24);1-5,9,12H,6-8H2,(H,17,20)/t12-,13+,15-;/m1./s1. The summed E-state index contributed by atoms with van der Waals surface area (Å²) in [6.45, 7) is 7.61. The zero-order valence-electron chi connectivity index (χ0n) is 25.9. The van der Waals surface area contributed by atoms with Crippen molar-refractivity contribution in [2.45, 2.75) is 51.0 Å². The van der Waals surface area contributed by atoms with Crippen molar-refractivity contribution in [2.75, 3.05) is 44.2 Å². The van der Waals surface area contributed by atoms with Gasteiger partial charge in [-0.1, -0.05) is 30.3 Å². The van der Waals surface area contributed by atoms with Gasteiger partial charge in [-0.05, 0) is 44.9 Å². The first-order valence-corrected chi connectivity index (χ1v) is 16.2. The van der Waals surface area contributed by atoms with E-state index >= 15 is 0 Å².